The van der Waals surface area contributed by atoms with Crippen molar-refractivity contribution in [3.05, 3.63) is 35.4 Å². The number of aliphatic hydroxyl groups is 6. The summed E-state index contributed by atoms with van der Waals surface area (Å²) < 4.78 is 0. The topological polar surface area (TPSA) is 180 Å². The van der Waals surface area contributed by atoms with E-state index in [4.69, 9.17) is 0 Å². The Morgan fingerprint density at radius 1 is 0.545 bits per heavy atom. The highest BCUT2D eigenvalue weighted by Gasteiger charge is 2.67. The van der Waals surface area contributed by atoms with Crippen molar-refractivity contribution < 1.29 is 40.2 Å². The first kappa shape index (κ1) is 48.9. The van der Waals surface area contributed by atoms with E-state index in [1.54, 1.807) is 0 Å². The van der Waals surface area contributed by atoms with Crippen LogP contribution >= 0.6 is 0 Å². The summed E-state index contributed by atoms with van der Waals surface area (Å²) in [6.45, 7) is 14.7. The number of carbonyl (C=O) groups excluding carboxylic acids is 2. The monoisotopic (exact) mass is 917 g/mol. The molecule has 8 saturated carbocycles. The van der Waals surface area contributed by atoms with Gasteiger partial charge >= 0.3 is 0 Å². The van der Waals surface area contributed by atoms with Gasteiger partial charge in [0.05, 0.1) is 36.6 Å². The molecule has 0 aliphatic heterocycles. The minimum atomic E-state index is -0.428. The summed E-state index contributed by atoms with van der Waals surface area (Å²) in [5, 5.41) is 74.3. The second kappa shape index (κ2) is 18.6. The van der Waals surface area contributed by atoms with Crippen LogP contribution in [0.2, 0.25) is 0 Å². The number of amides is 2. The van der Waals surface area contributed by atoms with E-state index in [-0.39, 0.29) is 105 Å². The van der Waals surface area contributed by atoms with Gasteiger partial charge in [-0.05, 0) is 207 Å². The molecule has 0 saturated heterocycles. The van der Waals surface area contributed by atoms with E-state index in [1.165, 1.54) is 0 Å². The van der Waals surface area contributed by atoms with E-state index in [9.17, 15) is 40.2 Å². The van der Waals surface area contributed by atoms with Gasteiger partial charge in [0.2, 0.25) is 11.8 Å². The number of hydrogen-bond donors (Lipinski definition) is 8. The number of benzene rings is 1. The lowest BCUT2D eigenvalue weighted by atomic mass is 9.43. The first-order chi connectivity index (χ1) is 31.3. The molecule has 0 radical (unpaired) electrons. The Hall–Kier alpha value is -2.08. The van der Waals surface area contributed by atoms with Gasteiger partial charge in [0.1, 0.15) is 0 Å². The SMILES string of the molecule is C[C@H](CCC(=O)NCc1ccc(CNC(=O)CC[C@@H](C)[C@H]2CC[C@H]3[C@@H]4[C@H](O)C[C@@H]5C[C@H](O)CC[C@]5(C)[C@H]4C[C@H](O)[C@]23C)cc1)[C@H]1CC[C@H]2[C@@H]3[C@H](O)C[C@@H]4C[C@H](O)CC[C@]4(C)[C@H]3C[C@H](O)[C@]12C. The maximum Gasteiger partial charge on any atom is 0.220 e. The number of carbonyl (C=O) groups is 2. The van der Waals surface area contributed by atoms with Gasteiger partial charge in [-0.3, -0.25) is 9.59 Å². The highest BCUT2D eigenvalue weighted by atomic mass is 16.3. The van der Waals surface area contributed by atoms with Crippen molar-refractivity contribution >= 4 is 11.8 Å². The first-order valence-electron chi connectivity index (χ1n) is 27.0. The fourth-order valence-corrected chi connectivity index (χ4v) is 18.7. The highest BCUT2D eigenvalue weighted by Crippen LogP contribution is 2.70. The Morgan fingerprint density at radius 2 is 0.924 bits per heavy atom. The van der Waals surface area contributed by atoms with E-state index in [0.29, 0.717) is 49.6 Å². The maximum atomic E-state index is 13.2. The lowest BCUT2D eigenvalue weighted by Crippen LogP contribution is -2.62. The van der Waals surface area contributed by atoms with Crippen LogP contribution in [0.4, 0.5) is 0 Å². The number of hydrogen-bond acceptors (Lipinski definition) is 8. The van der Waals surface area contributed by atoms with Gasteiger partial charge in [-0.2, -0.15) is 0 Å². The van der Waals surface area contributed by atoms with Gasteiger partial charge in [-0.1, -0.05) is 65.8 Å². The fraction of sp³-hybridized carbons (Fsp3) is 0.857. The molecular formula is C56H88N2O8. The maximum absolute atomic E-state index is 13.2. The summed E-state index contributed by atoms with van der Waals surface area (Å²) in [5.74, 6) is 3.31. The molecule has 1 aromatic carbocycles. The van der Waals surface area contributed by atoms with E-state index in [2.05, 4.69) is 52.2 Å². The Morgan fingerprint density at radius 3 is 1.30 bits per heavy atom. The van der Waals surface area contributed by atoms with Crippen LogP contribution in [0.25, 0.3) is 0 Å². The number of aliphatic hydroxyl groups excluding tert-OH is 6. The van der Waals surface area contributed by atoms with Gasteiger partial charge in [0, 0.05) is 25.9 Å². The van der Waals surface area contributed by atoms with Gasteiger partial charge in [0.25, 0.3) is 0 Å². The molecule has 0 bridgehead atoms. The Kier molecular flexibility index (Phi) is 13.8. The normalized spacial score (nSPS) is 48.1. The third kappa shape index (κ3) is 8.35. The molecule has 66 heavy (non-hydrogen) atoms. The van der Waals surface area contributed by atoms with Crippen molar-refractivity contribution in [2.45, 2.75) is 207 Å². The second-order valence-electron chi connectivity index (χ2n) is 25.5. The molecule has 1 aromatic rings. The second-order valence-corrected chi connectivity index (χ2v) is 25.5. The minimum absolute atomic E-state index is 0.0295. The Bertz CT molecular complexity index is 1760. The molecule has 10 nitrogen and oxygen atoms in total. The summed E-state index contributed by atoms with van der Waals surface area (Å²) >= 11 is 0. The molecule has 0 heterocycles. The minimum Gasteiger partial charge on any atom is -0.393 e. The molecule has 22 atom stereocenters. The van der Waals surface area contributed by atoms with Crippen molar-refractivity contribution in [3.63, 3.8) is 0 Å². The molecule has 2 amide bonds. The fourth-order valence-electron chi connectivity index (χ4n) is 18.7. The Labute approximate surface area is 396 Å². The van der Waals surface area contributed by atoms with Gasteiger partial charge < -0.3 is 41.3 Å². The van der Waals surface area contributed by atoms with Gasteiger partial charge in [0.15, 0.2) is 0 Å². The number of fused-ring (bicyclic) bond motifs is 10. The van der Waals surface area contributed by atoms with E-state index < -0.39 is 12.2 Å². The molecule has 8 aliphatic rings. The van der Waals surface area contributed by atoms with E-state index in [1.807, 2.05) is 24.3 Å². The quantitative estimate of drug-likeness (QED) is 0.105. The smallest absolute Gasteiger partial charge is 0.220 e. The third-order valence-corrected chi connectivity index (χ3v) is 22.7. The molecule has 0 unspecified atom stereocenters. The predicted octanol–water partition coefficient (Wildman–Crippen LogP) is 7.67. The Balaban J connectivity index is 0.703. The van der Waals surface area contributed by atoms with Crippen molar-refractivity contribution in [3.8, 4) is 0 Å². The summed E-state index contributed by atoms with van der Waals surface area (Å²) in [4.78, 5) is 26.3. The zero-order valence-corrected chi connectivity index (χ0v) is 41.3. The lowest BCUT2D eigenvalue weighted by Gasteiger charge is -2.63. The zero-order chi connectivity index (χ0) is 47.1. The van der Waals surface area contributed by atoms with Crippen LogP contribution in [0.15, 0.2) is 24.3 Å². The van der Waals surface area contributed by atoms with Crippen LogP contribution in [0.5, 0.6) is 0 Å². The van der Waals surface area contributed by atoms with Crippen LogP contribution < -0.4 is 10.6 Å². The van der Waals surface area contributed by atoms with Crippen molar-refractivity contribution in [1.29, 1.82) is 0 Å². The standard InChI is InChI=1S/C56H88N2O8/c1-31(39-13-15-41-51-43(27-47(63)55(39,41)5)53(3)21-19-37(59)23-35(53)25-45(51)61)7-17-49(65)57-29-33-9-11-34(12-10-33)30-58-50(66)18-8-32(2)40-14-16-42-52-44(28-48(64)56(40,42)6)54(4)22-20-38(60)24-36(54)26-46(52)62/h9-12,31-32,35-48,51-52,59-64H,7-8,13-30H2,1-6H3,(H,57,65)(H,58,66)/t31-,32-,35+,36+,37-,38-,39-,40-,41+,42+,43+,44+,45-,46-,47+,48+,51+,52+,53+,54+,55-,56-/m1/s1. The highest BCUT2D eigenvalue weighted by molar-refractivity contribution is 5.76. The van der Waals surface area contributed by atoms with Gasteiger partial charge in [-0.15, -0.1) is 0 Å². The van der Waals surface area contributed by atoms with Gasteiger partial charge in [-0.25, -0.2) is 0 Å². The van der Waals surface area contributed by atoms with Crippen molar-refractivity contribution in [2.24, 2.45) is 92.7 Å². The van der Waals surface area contributed by atoms with Crippen LogP contribution in [0, 0.1) is 92.7 Å². The van der Waals surface area contributed by atoms with E-state index in [0.717, 1.165) is 114 Å². The summed E-state index contributed by atoms with van der Waals surface area (Å²) in [6.07, 6.45) is 12.4. The molecule has 8 aliphatic carbocycles. The van der Waals surface area contributed by atoms with E-state index >= 15 is 0 Å². The summed E-state index contributed by atoms with van der Waals surface area (Å²) in [6, 6.07) is 8.06. The van der Waals surface area contributed by atoms with Crippen LogP contribution in [0.3, 0.4) is 0 Å². The summed E-state index contributed by atoms with van der Waals surface area (Å²) in [7, 11) is 0. The summed E-state index contributed by atoms with van der Waals surface area (Å²) in [5.41, 5.74) is 1.58. The third-order valence-electron chi connectivity index (χ3n) is 22.7. The lowest BCUT2D eigenvalue weighted by molar-refractivity contribution is -0.207. The molecule has 370 valence electrons. The molecule has 8 N–H and O–H groups in total. The molecule has 8 fully saturated rings. The molecular weight excluding hydrogens is 829 g/mol. The van der Waals surface area contributed by atoms with Crippen molar-refractivity contribution in [1.82, 2.24) is 10.6 Å². The predicted molar refractivity (Wildman–Crippen MR) is 255 cm³/mol. The van der Waals surface area contributed by atoms with Crippen LogP contribution in [-0.4, -0.2) is 79.1 Å². The number of rotatable bonds is 12. The first-order valence-corrected chi connectivity index (χ1v) is 27.0. The van der Waals surface area contributed by atoms with Crippen LogP contribution in [0.1, 0.15) is 168 Å². The van der Waals surface area contributed by atoms with Crippen molar-refractivity contribution in [2.75, 3.05) is 0 Å². The average molecular weight is 917 g/mol. The molecule has 0 spiro atoms. The molecule has 10 heteroatoms. The molecule has 9 rings (SSSR count). The molecule has 0 aromatic heterocycles. The number of nitrogens with one attached hydrogen (secondary N) is 2. The van der Waals surface area contributed by atoms with Crippen LogP contribution in [-0.2, 0) is 22.7 Å². The average Bonchev–Trinajstić information content (AvgIpc) is 3.84. The zero-order valence-electron chi connectivity index (χ0n) is 41.3. The largest absolute Gasteiger partial charge is 0.393 e.